The molecule has 1 aromatic rings. The molecule has 0 fully saturated rings. The predicted octanol–water partition coefficient (Wildman–Crippen LogP) is 1.19. The molecule has 100 valence electrons. The number of carbonyl (C=O) groups excluding carboxylic acids is 1. The molecule has 0 saturated heterocycles. The zero-order valence-corrected chi connectivity index (χ0v) is 10.8. The molecule has 1 rings (SSSR count). The van der Waals surface area contributed by atoms with Crippen LogP contribution in [0.2, 0.25) is 0 Å². The fourth-order valence-electron chi connectivity index (χ4n) is 1.40. The summed E-state index contributed by atoms with van der Waals surface area (Å²) in [5.74, 6) is 0.367. The third-order valence-corrected chi connectivity index (χ3v) is 2.42. The minimum absolute atomic E-state index is 0.158. The Morgan fingerprint density at radius 2 is 2.17 bits per heavy atom. The van der Waals surface area contributed by atoms with Gasteiger partial charge in [-0.15, -0.1) is 0 Å². The Labute approximate surface area is 107 Å². The van der Waals surface area contributed by atoms with Crippen LogP contribution in [0.25, 0.3) is 0 Å². The number of methoxy groups -OCH3 is 1. The van der Waals surface area contributed by atoms with E-state index in [9.17, 15) is 4.79 Å². The zero-order valence-electron chi connectivity index (χ0n) is 10.8. The van der Waals surface area contributed by atoms with Crippen molar-refractivity contribution in [3.8, 4) is 5.75 Å². The van der Waals surface area contributed by atoms with E-state index in [2.05, 4.69) is 5.32 Å². The van der Waals surface area contributed by atoms with Crippen molar-refractivity contribution in [3.63, 3.8) is 0 Å². The average molecular weight is 252 g/mol. The Kier molecular flexibility index (Phi) is 6.00. The van der Waals surface area contributed by atoms with Crippen molar-refractivity contribution >= 4 is 11.6 Å². The summed E-state index contributed by atoms with van der Waals surface area (Å²) in [5.41, 5.74) is 6.26. The van der Waals surface area contributed by atoms with Gasteiger partial charge in [-0.05, 0) is 25.5 Å². The summed E-state index contributed by atoms with van der Waals surface area (Å²) in [6.45, 7) is 2.89. The molecule has 5 heteroatoms. The van der Waals surface area contributed by atoms with Gasteiger partial charge in [0.05, 0.1) is 5.69 Å². The predicted molar refractivity (Wildman–Crippen MR) is 70.4 cm³/mol. The molecule has 0 heterocycles. The largest absolute Gasteiger partial charge is 0.479 e. The first-order valence-electron chi connectivity index (χ1n) is 5.93. The smallest absolute Gasteiger partial charge is 0.260 e. The molecule has 0 aliphatic heterocycles. The summed E-state index contributed by atoms with van der Waals surface area (Å²) in [5, 5.41) is 2.77. The summed E-state index contributed by atoms with van der Waals surface area (Å²) >= 11 is 0. The van der Waals surface area contributed by atoms with Crippen LogP contribution >= 0.6 is 0 Å². The number of benzene rings is 1. The Bertz CT molecular complexity index is 382. The summed E-state index contributed by atoms with van der Waals surface area (Å²) in [6.07, 6.45) is 0.208. The SMILES string of the molecule is COCCCNC(=O)C(C)Oc1ccccc1N. The summed E-state index contributed by atoms with van der Waals surface area (Å²) in [7, 11) is 1.63. The van der Waals surface area contributed by atoms with Crippen molar-refractivity contribution in [2.45, 2.75) is 19.4 Å². The Morgan fingerprint density at radius 1 is 1.44 bits per heavy atom. The number of hydrogen-bond donors (Lipinski definition) is 2. The number of amides is 1. The second-order valence-corrected chi connectivity index (χ2v) is 3.94. The molecule has 3 N–H and O–H groups in total. The maximum Gasteiger partial charge on any atom is 0.260 e. The molecular formula is C13H20N2O3. The van der Waals surface area contributed by atoms with Crippen LogP contribution in [0.3, 0.4) is 0 Å². The molecule has 0 bridgehead atoms. The van der Waals surface area contributed by atoms with E-state index in [4.69, 9.17) is 15.2 Å². The maximum atomic E-state index is 11.7. The standard InChI is InChI=1S/C13H20N2O3/c1-10(13(16)15-8-5-9-17-2)18-12-7-4-3-6-11(12)14/h3-4,6-7,10H,5,8-9,14H2,1-2H3,(H,15,16). The molecule has 0 aliphatic carbocycles. The van der Waals surface area contributed by atoms with Crippen molar-refractivity contribution < 1.29 is 14.3 Å². The number of para-hydroxylation sites is 2. The molecule has 0 spiro atoms. The first-order chi connectivity index (χ1) is 8.65. The maximum absolute atomic E-state index is 11.7. The number of nitrogens with one attached hydrogen (secondary N) is 1. The van der Waals surface area contributed by atoms with Gasteiger partial charge in [-0.25, -0.2) is 0 Å². The van der Waals surface area contributed by atoms with E-state index in [1.165, 1.54) is 0 Å². The molecule has 0 aromatic heterocycles. The Hall–Kier alpha value is -1.75. The van der Waals surface area contributed by atoms with E-state index < -0.39 is 6.10 Å². The Morgan fingerprint density at radius 3 is 2.83 bits per heavy atom. The number of anilines is 1. The minimum atomic E-state index is -0.572. The lowest BCUT2D eigenvalue weighted by Gasteiger charge is -2.15. The lowest BCUT2D eigenvalue weighted by Crippen LogP contribution is -2.37. The van der Waals surface area contributed by atoms with Crippen LogP contribution in [-0.2, 0) is 9.53 Å². The third-order valence-electron chi connectivity index (χ3n) is 2.42. The van der Waals surface area contributed by atoms with Crippen molar-refractivity contribution in [1.82, 2.24) is 5.32 Å². The molecule has 18 heavy (non-hydrogen) atoms. The fourth-order valence-corrected chi connectivity index (χ4v) is 1.40. The van der Waals surface area contributed by atoms with Gasteiger partial charge >= 0.3 is 0 Å². The molecule has 0 saturated carbocycles. The molecule has 0 radical (unpaired) electrons. The van der Waals surface area contributed by atoms with Crippen LogP contribution in [0, 0.1) is 0 Å². The van der Waals surface area contributed by atoms with Gasteiger partial charge in [-0.3, -0.25) is 4.79 Å². The van der Waals surface area contributed by atoms with Crippen LogP contribution in [0.5, 0.6) is 5.75 Å². The van der Waals surface area contributed by atoms with Crippen molar-refractivity contribution in [3.05, 3.63) is 24.3 Å². The quantitative estimate of drug-likeness (QED) is 0.564. The lowest BCUT2D eigenvalue weighted by atomic mass is 10.3. The van der Waals surface area contributed by atoms with E-state index in [1.54, 1.807) is 26.2 Å². The van der Waals surface area contributed by atoms with Gasteiger partial charge in [-0.1, -0.05) is 12.1 Å². The van der Waals surface area contributed by atoms with Gasteiger partial charge in [0, 0.05) is 20.3 Å². The van der Waals surface area contributed by atoms with E-state index in [1.807, 2.05) is 12.1 Å². The van der Waals surface area contributed by atoms with Crippen molar-refractivity contribution in [2.75, 3.05) is 26.0 Å². The number of ether oxygens (including phenoxy) is 2. The molecule has 1 amide bonds. The molecule has 0 aliphatic rings. The highest BCUT2D eigenvalue weighted by atomic mass is 16.5. The van der Waals surface area contributed by atoms with E-state index in [0.29, 0.717) is 24.6 Å². The number of rotatable bonds is 7. The van der Waals surface area contributed by atoms with Crippen molar-refractivity contribution in [2.24, 2.45) is 0 Å². The van der Waals surface area contributed by atoms with Crippen LogP contribution in [0.15, 0.2) is 24.3 Å². The average Bonchev–Trinajstić information content (AvgIpc) is 2.37. The first-order valence-corrected chi connectivity index (χ1v) is 5.93. The fraction of sp³-hybridized carbons (Fsp3) is 0.462. The molecular weight excluding hydrogens is 232 g/mol. The van der Waals surface area contributed by atoms with E-state index in [0.717, 1.165) is 6.42 Å². The first kappa shape index (κ1) is 14.3. The van der Waals surface area contributed by atoms with Crippen molar-refractivity contribution in [1.29, 1.82) is 0 Å². The molecule has 1 aromatic carbocycles. The van der Waals surface area contributed by atoms with Crippen LogP contribution in [-0.4, -0.2) is 32.3 Å². The zero-order chi connectivity index (χ0) is 13.4. The van der Waals surface area contributed by atoms with Gasteiger partial charge in [0.1, 0.15) is 5.75 Å². The van der Waals surface area contributed by atoms with Crippen LogP contribution in [0.1, 0.15) is 13.3 Å². The second-order valence-electron chi connectivity index (χ2n) is 3.94. The molecule has 1 atom stereocenters. The monoisotopic (exact) mass is 252 g/mol. The molecule has 5 nitrogen and oxygen atoms in total. The Balaban J connectivity index is 2.38. The van der Waals surface area contributed by atoms with E-state index in [-0.39, 0.29) is 5.91 Å². The number of carbonyl (C=O) groups is 1. The van der Waals surface area contributed by atoms with Gasteiger partial charge in [0.15, 0.2) is 6.10 Å². The van der Waals surface area contributed by atoms with Gasteiger partial charge in [0.2, 0.25) is 0 Å². The topological polar surface area (TPSA) is 73.6 Å². The highest BCUT2D eigenvalue weighted by Gasteiger charge is 2.14. The highest BCUT2D eigenvalue weighted by molar-refractivity contribution is 5.80. The highest BCUT2D eigenvalue weighted by Crippen LogP contribution is 2.20. The van der Waals surface area contributed by atoms with Gasteiger partial charge in [-0.2, -0.15) is 0 Å². The summed E-state index contributed by atoms with van der Waals surface area (Å²) in [4.78, 5) is 11.7. The third kappa shape index (κ3) is 4.63. The summed E-state index contributed by atoms with van der Waals surface area (Å²) < 4.78 is 10.4. The number of hydrogen-bond acceptors (Lipinski definition) is 4. The summed E-state index contributed by atoms with van der Waals surface area (Å²) in [6, 6.07) is 7.11. The van der Waals surface area contributed by atoms with Gasteiger partial charge < -0.3 is 20.5 Å². The number of nitrogen functional groups attached to an aromatic ring is 1. The minimum Gasteiger partial charge on any atom is -0.479 e. The van der Waals surface area contributed by atoms with Crippen LogP contribution < -0.4 is 15.8 Å². The lowest BCUT2D eigenvalue weighted by molar-refractivity contribution is -0.127. The second kappa shape index (κ2) is 7.55. The number of nitrogens with two attached hydrogens (primary N) is 1. The van der Waals surface area contributed by atoms with Gasteiger partial charge in [0.25, 0.3) is 5.91 Å². The molecule has 1 unspecified atom stereocenters. The van der Waals surface area contributed by atoms with E-state index >= 15 is 0 Å². The normalized spacial score (nSPS) is 11.9. The van der Waals surface area contributed by atoms with Crippen LogP contribution in [0.4, 0.5) is 5.69 Å².